The summed E-state index contributed by atoms with van der Waals surface area (Å²) in [6.07, 6.45) is 0. The number of rotatable bonds is 6. The molecule has 21 heavy (non-hydrogen) atoms. The van der Waals surface area contributed by atoms with Crippen molar-refractivity contribution in [2.45, 2.75) is 6.61 Å². The molecule has 0 fully saturated rings. The van der Waals surface area contributed by atoms with Crippen molar-refractivity contribution in [2.24, 2.45) is 0 Å². The van der Waals surface area contributed by atoms with E-state index in [2.05, 4.69) is 0 Å². The second-order valence-corrected chi connectivity index (χ2v) is 5.04. The summed E-state index contributed by atoms with van der Waals surface area (Å²) >= 11 is 6.17. The van der Waals surface area contributed by atoms with Crippen LogP contribution < -0.4 is 9.64 Å². The van der Waals surface area contributed by atoms with Gasteiger partial charge in [-0.3, -0.25) is 4.79 Å². The van der Waals surface area contributed by atoms with Crippen LogP contribution in [0.2, 0.25) is 5.02 Å². The van der Waals surface area contributed by atoms with Gasteiger partial charge in [-0.25, -0.2) is 0 Å². The SMILES string of the molecule is CN(CC(=O)O)c1ccc(OCc2ccccc2)cc1Cl. The summed E-state index contributed by atoms with van der Waals surface area (Å²) < 4.78 is 5.67. The quantitative estimate of drug-likeness (QED) is 0.888. The molecule has 0 heterocycles. The fourth-order valence-electron chi connectivity index (χ4n) is 1.92. The minimum Gasteiger partial charge on any atom is -0.489 e. The molecule has 4 nitrogen and oxygen atoms in total. The molecule has 0 unspecified atom stereocenters. The van der Waals surface area contributed by atoms with Crippen LogP contribution in [0.3, 0.4) is 0 Å². The van der Waals surface area contributed by atoms with Crippen molar-refractivity contribution < 1.29 is 14.6 Å². The van der Waals surface area contributed by atoms with Gasteiger partial charge < -0.3 is 14.7 Å². The third kappa shape index (κ3) is 4.39. The fourth-order valence-corrected chi connectivity index (χ4v) is 2.23. The number of nitrogens with zero attached hydrogens (tertiary/aromatic N) is 1. The molecule has 0 amide bonds. The molecule has 0 aromatic heterocycles. The average Bonchev–Trinajstić information content (AvgIpc) is 2.45. The molecule has 0 aliphatic heterocycles. The van der Waals surface area contributed by atoms with Crippen LogP contribution >= 0.6 is 11.6 Å². The fraction of sp³-hybridized carbons (Fsp3) is 0.188. The average molecular weight is 306 g/mol. The van der Waals surface area contributed by atoms with Crippen molar-refractivity contribution in [3.8, 4) is 5.75 Å². The summed E-state index contributed by atoms with van der Waals surface area (Å²) in [5.74, 6) is -0.255. The Morgan fingerprint density at radius 1 is 1.24 bits per heavy atom. The molecule has 2 rings (SSSR count). The van der Waals surface area contributed by atoms with Crippen molar-refractivity contribution in [3.63, 3.8) is 0 Å². The van der Waals surface area contributed by atoms with Gasteiger partial charge in [0.05, 0.1) is 10.7 Å². The van der Waals surface area contributed by atoms with E-state index in [0.717, 1.165) is 5.56 Å². The van der Waals surface area contributed by atoms with Gasteiger partial charge in [-0.15, -0.1) is 0 Å². The highest BCUT2D eigenvalue weighted by atomic mass is 35.5. The van der Waals surface area contributed by atoms with Gasteiger partial charge in [0.2, 0.25) is 0 Å². The van der Waals surface area contributed by atoms with Crippen LogP contribution in [-0.4, -0.2) is 24.7 Å². The molecule has 0 saturated heterocycles. The van der Waals surface area contributed by atoms with E-state index in [1.165, 1.54) is 0 Å². The Labute approximate surface area is 128 Å². The molecule has 2 aromatic rings. The maximum atomic E-state index is 10.7. The molecule has 0 spiro atoms. The number of ether oxygens (including phenoxy) is 1. The van der Waals surface area contributed by atoms with E-state index >= 15 is 0 Å². The van der Waals surface area contributed by atoms with Crippen molar-refractivity contribution in [1.29, 1.82) is 0 Å². The molecule has 5 heteroatoms. The van der Waals surface area contributed by atoms with E-state index in [1.807, 2.05) is 30.3 Å². The zero-order valence-electron chi connectivity index (χ0n) is 11.6. The van der Waals surface area contributed by atoms with Crippen molar-refractivity contribution in [3.05, 3.63) is 59.1 Å². The Hall–Kier alpha value is -2.20. The number of benzene rings is 2. The number of carboxylic acid groups (broad SMARTS) is 1. The first kappa shape index (κ1) is 15.2. The topological polar surface area (TPSA) is 49.8 Å². The third-order valence-corrected chi connectivity index (χ3v) is 3.25. The molecule has 1 N–H and O–H groups in total. The number of hydrogen-bond donors (Lipinski definition) is 1. The lowest BCUT2D eigenvalue weighted by atomic mass is 10.2. The van der Waals surface area contributed by atoms with E-state index in [0.29, 0.717) is 23.1 Å². The molecule has 2 aromatic carbocycles. The number of carbonyl (C=O) groups is 1. The number of aliphatic carboxylic acids is 1. The van der Waals surface area contributed by atoms with E-state index in [9.17, 15) is 4.79 Å². The normalized spacial score (nSPS) is 10.2. The summed E-state index contributed by atoms with van der Waals surface area (Å²) in [5, 5.41) is 9.25. The number of anilines is 1. The van der Waals surface area contributed by atoms with Crippen molar-refractivity contribution in [2.75, 3.05) is 18.5 Å². The van der Waals surface area contributed by atoms with Crippen LogP contribution in [-0.2, 0) is 11.4 Å². The standard InChI is InChI=1S/C16H16ClNO3/c1-18(10-16(19)20)15-8-7-13(9-14(15)17)21-11-12-5-3-2-4-6-12/h2-9H,10-11H2,1H3,(H,19,20). The highest BCUT2D eigenvalue weighted by Crippen LogP contribution is 2.29. The summed E-state index contributed by atoms with van der Waals surface area (Å²) in [6.45, 7) is 0.353. The Morgan fingerprint density at radius 2 is 1.95 bits per heavy atom. The summed E-state index contributed by atoms with van der Waals surface area (Å²) in [4.78, 5) is 12.3. The van der Waals surface area contributed by atoms with Crippen LogP contribution in [0.5, 0.6) is 5.75 Å². The maximum Gasteiger partial charge on any atom is 0.323 e. The van der Waals surface area contributed by atoms with Crippen LogP contribution in [0.15, 0.2) is 48.5 Å². The van der Waals surface area contributed by atoms with E-state index < -0.39 is 5.97 Å². The molecule has 0 radical (unpaired) electrons. The van der Waals surface area contributed by atoms with Gasteiger partial charge in [0.1, 0.15) is 18.9 Å². The number of likely N-dealkylation sites (N-methyl/N-ethyl adjacent to an activating group) is 1. The predicted octanol–water partition coefficient (Wildman–Crippen LogP) is 3.44. The highest BCUT2D eigenvalue weighted by Gasteiger charge is 2.10. The van der Waals surface area contributed by atoms with Gasteiger partial charge in [-0.05, 0) is 17.7 Å². The Kier molecular flexibility index (Phi) is 5.06. The Morgan fingerprint density at radius 3 is 2.57 bits per heavy atom. The minimum absolute atomic E-state index is 0.107. The Balaban J connectivity index is 2.03. The summed E-state index contributed by atoms with van der Waals surface area (Å²) in [5.41, 5.74) is 1.73. The lowest BCUT2D eigenvalue weighted by Crippen LogP contribution is -2.25. The summed E-state index contributed by atoms with van der Waals surface area (Å²) in [6, 6.07) is 15.1. The first-order valence-electron chi connectivity index (χ1n) is 6.45. The van der Waals surface area contributed by atoms with E-state index in [1.54, 1.807) is 30.1 Å². The van der Waals surface area contributed by atoms with Crippen LogP contribution in [0.4, 0.5) is 5.69 Å². The largest absolute Gasteiger partial charge is 0.489 e. The number of carboxylic acids is 1. The molecule has 0 saturated carbocycles. The molecular weight excluding hydrogens is 290 g/mol. The second-order valence-electron chi connectivity index (χ2n) is 4.64. The van der Waals surface area contributed by atoms with Gasteiger partial charge in [0, 0.05) is 13.1 Å². The van der Waals surface area contributed by atoms with E-state index in [-0.39, 0.29) is 6.54 Å². The molecule has 0 bridgehead atoms. The van der Waals surface area contributed by atoms with Gasteiger partial charge in [-0.1, -0.05) is 41.9 Å². The zero-order valence-corrected chi connectivity index (χ0v) is 12.4. The van der Waals surface area contributed by atoms with Gasteiger partial charge >= 0.3 is 5.97 Å². The van der Waals surface area contributed by atoms with Crippen LogP contribution in [0, 0.1) is 0 Å². The molecular formula is C16H16ClNO3. The van der Waals surface area contributed by atoms with Crippen LogP contribution in [0.25, 0.3) is 0 Å². The number of halogens is 1. The Bertz CT molecular complexity index is 616. The number of hydrogen-bond acceptors (Lipinski definition) is 3. The predicted molar refractivity (Wildman–Crippen MR) is 83.1 cm³/mol. The van der Waals surface area contributed by atoms with Gasteiger partial charge in [-0.2, -0.15) is 0 Å². The zero-order chi connectivity index (χ0) is 15.2. The smallest absolute Gasteiger partial charge is 0.323 e. The van der Waals surface area contributed by atoms with E-state index in [4.69, 9.17) is 21.4 Å². The second kappa shape index (κ2) is 6.99. The lowest BCUT2D eigenvalue weighted by Gasteiger charge is -2.18. The molecule has 0 aliphatic carbocycles. The van der Waals surface area contributed by atoms with Gasteiger partial charge in [0.25, 0.3) is 0 Å². The third-order valence-electron chi connectivity index (χ3n) is 2.95. The monoisotopic (exact) mass is 305 g/mol. The molecule has 0 aliphatic rings. The molecule has 0 atom stereocenters. The van der Waals surface area contributed by atoms with Crippen LogP contribution in [0.1, 0.15) is 5.56 Å². The lowest BCUT2D eigenvalue weighted by molar-refractivity contribution is -0.135. The van der Waals surface area contributed by atoms with Gasteiger partial charge in [0.15, 0.2) is 0 Å². The van der Waals surface area contributed by atoms with Crippen molar-refractivity contribution in [1.82, 2.24) is 0 Å². The minimum atomic E-state index is -0.905. The highest BCUT2D eigenvalue weighted by molar-refractivity contribution is 6.33. The molecule has 110 valence electrons. The maximum absolute atomic E-state index is 10.7. The first-order valence-corrected chi connectivity index (χ1v) is 6.83. The first-order chi connectivity index (χ1) is 10.1. The van der Waals surface area contributed by atoms with Crippen molar-refractivity contribution >= 4 is 23.3 Å². The summed E-state index contributed by atoms with van der Waals surface area (Å²) in [7, 11) is 1.68.